The fourth-order valence-electron chi connectivity index (χ4n) is 2.46. The molecule has 7 nitrogen and oxygen atoms in total. The van der Waals surface area contributed by atoms with Crippen molar-refractivity contribution >= 4 is 0 Å². The van der Waals surface area contributed by atoms with Gasteiger partial charge in [-0.3, -0.25) is 4.68 Å². The highest BCUT2D eigenvalue weighted by atomic mass is 15.6. The van der Waals surface area contributed by atoms with Gasteiger partial charge >= 0.3 is 0 Å². The van der Waals surface area contributed by atoms with Crippen LogP contribution in [-0.4, -0.2) is 42.6 Å². The van der Waals surface area contributed by atoms with E-state index in [0.29, 0.717) is 12.4 Å². The molecule has 1 fully saturated rings. The molecule has 0 radical (unpaired) electrons. The second kappa shape index (κ2) is 5.32. The minimum Gasteiger partial charge on any atom is -0.314 e. The predicted octanol–water partition coefficient (Wildman–Crippen LogP) is 0.366. The third kappa shape index (κ3) is 2.87. The molecular formula is C13H21N7. The fraction of sp³-hybridized carbons (Fsp3) is 0.692. The van der Waals surface area contributed by atoms with Crippen LogP contribution in [0, 0.1) is 13.8 Å². The summed E-state index contributed by atoms with van der Waals surface area (Å²) in [6.45, 7) is 5.79. The van der Waals surface area contributed by atoms with Gasteiger partial charge in [0.2, 0.25) is 0 Å². The van der Waals surface area contributed by atoms with E-state index < -0.39 is 0 Å². The first-order valence-electron chi connectivity index (χ1n) is 7.12. The molecule has 0 aliphatic heterocycles. The van der Waals surface area contributed by atoms with E-state index in [-0.39, 0.29) is 0 Å². The van der Waals surface area contributed by atoms with Crippen molar-refractivity contribution in [2.75, 3.05) is 6.54 Å². The van der Waals surface area contributed by atoms with Gasteiger partial charge in [0.1, 0.15) is 6.54 Å². The maximum Gasteiger partial charge on any atom is 0.196 e. The van der Waals surface area contributed by atoms with E-state index in [9.17, 15) is 0 Å². The molecule has 1 aliphatic carbocycles. The maximum absolute atomic E-state index is 4.60. The number of hydrogen-bond donors (Lipinski definition) is 1. The Morgan fingerprint density at radius 2 is 2.05 bits per heavy atom. The van der Waals surface area contributed by atoms with Gasteiger partial charge in [-0.2, -0.15) is 9.90 Å². The zero-order chi connectivity index (χ0) is 14.1. The number of nitrogens with one attached hydrogen (secondary N) is 1. The molecule has 0 bridgehead atoms. The van der Waals surface area contributed by atoms with Gasteiger partial charge in [0, 0.05) is 11.7 Å². The molecule has 2 heterocycles. The molecule has 1 N–H and O–H groups in total. The molecule has 0 aromatic carbocycles. The lowest BCUT2D eigenvalue weighted by Crippen LogP contribution is -2.19. The van der Waals surface area contributed by atoms with E-state index in [2.05, 4.69) is 39.7 Å². The lowest BCUT2D eigenvalue weighted by Gasteiger charge is -2.04. The van der Waals surface area contributed by atoms with Crippen LogP contribution in [0.25, 0.3) is 0 Å². The third-order valence-electron chi connectivity index (χ3n) is 3.76. The Morgan fingerprint density at radius 1 is 1.25 bits per heavy atom. The minimum atomic E-state index is 0.580. The number of tetrazole rings is 1. The predicted molar refractivity (Wildman–Crippen MR) is 74.3 cm³/mol. The number of hydrogen-bond acceptors (Lipinski definition) is 5. The standard InChI is InChI=1S/C13H21N7/c1-9-12(6-7-14-11-4-5-11)10(2)20(16-9)8-13-15-18-19(3)17-13/h11,14H,4-8H2,1-3H3. The lowest BCUT2D eigenvalue weighted by molar-refractivity contribution is 0.609. The van der Waals surface area contributed by atoms with Crippen LogP contribution in [-0.2, 0) is 20.0 Å². The molecule has 20 heavy (non-hydrogen) atoms. The van der Waals surface area contributed by atoms with Gasteiger partial charge in [0.15, 0.2) is 5.82 Å². The van der Waals surface area contributed by atoms with Crippen molar-refractivity contribution < 1.29 is 0 Å². The van der Waals surface area contributed by atoms with Crippen molar-refractivity contribution in [1.29, 1.82) is 0 Å². The van der Waals surface area contributed by atoms with Crippen molar-refractivity contribution in [2.24, 2.45) is 7.05 Å². The largest absolute Gasteiger partial charge is 0.314 e. The molecule has 3 rings (SSSR count). The van der Waals surface area contributed by atoms with Gasteiger partial charge < -0.3 is 5.32 Å². The molecule has 108 valence electrons. The molecular weight excluding hydrogens is 254 g/mol. The number of aryl methyl sites for hydroxylation is 2. The lowest BCUT2D eigenvalue weighted by atomic mass is 10.1. The maximum atomic E-state index is 4.60. The monoisotopic (exact) mass is 275 g/mol. The van der Waals surface area contributed by atoms with Gasteiger partial charge in [-0.1, -0.05) is 0 Å². The molecule has 0 atom stereocenters. The van der Waals surface area contributed by atoms with Crippen LogP contribution in [0.5, 0.6) is 0 Å². The van der Waals surface area contributed by atoms with Crippen LogP contribution in [0.4, 0.5) is 0 Å². The average molecular weight is 275 g/mol. The van der Waals surface area contributed by atoms with Crippen LogP contribution in [0.1, 0.15) is 35.6 Å². The summed E-state index contributed by atoms with van der Waals surface area (Å²) in [5.74, 6) is 0.695. The summed E-state index contributed by atoms with van der Waals surface area (Å²) in [4.78, 5) is 1.47. The minimum absolute atomic E-state index is 0.580. The van der Waals surface area contributed by atoms with E-state index >= 15 is 0 Å². The van der Waals surface area contributed by atoms with Crippen LogP contribution in [0.15, 0.2) is 0 Å². The van der Waals surface area contributed by atoms with E-state index in [1.54, 1.807) is 7.05 Å². The van der Waals surface area contributed by atoms with Crippen LogP contribution >= 0.6 is 0 Å². The van der Waals surface area contributed by atoms with Gasteiger partial charge in [-0.25, -0.2) is 0 Å². The van der Waals surface area contributed by atoms with Crippen molar-refractivity contribution in [3.05, 3.63) is 22.8 Å². The summed E-state index contributed by atoms with van der Waals surface area (Å²) in [6.07, 6.45) is 3.69. The highest BCUT2D eigenvalue weighted by Crippen LogP contribution is 2.19. The molecule has 1 saturated carbocycles. The summed E-state index contributed by atoms with van der Waals surface area (Å²) < 4.78 is 1.97. The first-order valence-corrected chi connectivity index (χ1v) is 7.12. The second-order valence-corrected chi connectivity index (χ2v) is 5.48. The number of aromatic nitrogens is 6. The first-order chi connectivity index (χ1) is 9.63. The molecule has 2 aromatic rings. The fourth-order valence-corrected chi connectivity index (χ4v) is 2.46. The number of rotatable bonds is 6. The van der Waals surface area contributed by atoms with Gasteiger partial charge in [0.05, 0.1) is 12.7 Å². The molecule has 0 spiro atoms. The molecule has 0 saturated heterocycles. The van der Waals surface area contributed by atoms with E-state index in [1.165, 1.54) is 28.9 Å². The van der Waals surface area contributed by atoms with E-state index in [1.807, 2.05) is 4.68 Å². The SMILES string of the molecule is Cc1nn(Cc2nnn(C)n2)c(C)c1CCNC1CC1. The van der Waals surface area contributed by atoms with E-state index in [0.717, 1.165) is 24.7 Å². The summed E-state index contributed by atoms with van der Waals surface area (Å²) >= 11 is 0. The Hall–Kier alpha value is -1.76. The van der Waals surface area contributed by atoms with Crippen molar-refractivity contribution in [3.8, 4) is 0 Å². The molecule has 1 aliphatic rings. The van der Waals surface area contributed by atoms with Gasteiger partial charge in [-0.05, 0) is 50.4 Å². The zero-order valence-electron chi connectivity index (χ0n) is 12.3. The Kier molecular flexibility index (Phi) is 3.52. The van der Waals surface area contributed by atoms with Crippen molar-refractivity contribution in [3.63, 3.8) is 0 Å². The summed E-state index contributed by atoms with van der Waals surface area (Å²) in [5.41, 5.74) is 3.64. The molecule has 7 heteroatoms. The summed E-state index contributed by atoms with van der Waals surface area (Å²) in [6, 6.07) is 0.759. The molecule has 2 aromatic heterocycles. The van der Waals surface area contributed by atoms with Gasteiger partial charge in [0.25, 0.3) is 0 Å². The third-order valence-corrected chi connectivity index (χ3v) is 3.76. The highest BCUT2D eigenvalue weighted by molar-refractivity contribution is 5.25. The quantitative estimate of drug-likeness (QED) is 0.824. The Bertz CT molecular complexity index is 594. The van der Waals surface area contributed by atoms with Crippen LogP contribution < -0.4 is 5.32 Å². The average Bonchev–Trinajstić information content (AvgIpc) is 3.09. The highest BCUT2D eigenvalue weighted by Gasteiger charge is 2.20. The second-order valence-electron chi connectivity index (χ2n) is 5.48. The Labute approximate surface area is 118 Å². The molecule has 0 unspecified atom stereocenters. The Balaban J connectivity index is 1.68. The first kappa shape index (κ1) is 13.2. The number of nitrogens with zero attached hydrogens (tertiary/aromatic N) is 6. The zero-order valence-corrected chi connectivity index (χ0v) is 12.3. The van der Waals surface area contributed by atoms with Gasteiger partial charge in [-0.15, -0.1) is 10.2 Å². The topological polar surface area (TPSA) is 73.5 Å². The molecule has 0 amide bonds. The van der Waals surface area contributed by atoms with E-state index in [4.69, 9.17) is 0 Å². The van der Waals surface area contributed by atoms with Crippen molar-refractivity contribution in [2.45, 2.75) is 45.7 Å². The van der Waals surface area contributed by atoms with Crippen molar-refractivity contribution in [1.82, 2.24) is 35.3 Å². The summed E-state index contributed by atoms with van der Waals surface area (Å²) in [5, 5.41) is 20.2. The Morgan fingerprint density at radius 3 is 2.70 bits per heavy atom. The van der Waals surface area contributed by atoms with Crippen LogP contribution in [0.2, 0.25) is 0 Å². The normalized spacial score (nSPS) is 14.9. The smallest absolute Gasteiger partial charge is 0.196 e. The van der Waals surface area contributed by atoms with Crippen LogP contribution in [0.3, 0.4) is 0 Å². The summed E-state index contributed by atoms with van der Waals surface area (Å²) in [7, 11) is 1.77.